The Kier molecular flexibility index (Phi) is 5.05. The molecule has 1 unspecified atom stereocenters. The number of hydrogen-bond donors (Lipinski definition) is 1. The second-order valence-corrected chi connectivity index (χ2v) is 3.73. The fourth-order valence-corrected chi connectivity index (χ4v) is 1.52. The molecule has 1 N–H and O–H groups in total. The molecular formula is C12H18O4. The number of unbranched alkanes of at least 4 members (excludes halogenated alkanes) is 2. The molecule has 1 heterocycles. The largest absolute Gasteiger partial charge is 0.475 e. The standard InChI is InChI=1S/C12H18O4/c1-3-4-5-7-15-9(2)10-6-8-16-11(10)12(13)14/h6,8-9H,3-5,7H2,1-2H3,(H,13,14). The molecule has 0 saturated heterocycles. The van der Waals surface area contributed by atoms with E-state index in [1.807, 2.05) is 6.92 Å². The van der Waals surface area contributed by atoms with Gasteiger partial charge in [-0.2, -0.15) is 0 Å². The summed E-state index contributed by atoms with van der Waals surface area (Å²) >= 11 is 0. The minimum absolute atomic E-state index is 0.0250. The van der Waals surface area contributed by atoms with Crippen molar-refractivity contribution in [1.82, 2.24) is 0 Å². The third-order valence-electron chi connectivity index (χ3n) is 2.44. The number of aromatic carboxylic acids is 1. The first-order valence-electron chi connectivity index (χ1n) is 5.59. The number of hydrogen-bond acceptors (Lipinski definition) is 3. The average molecular weight is 226 g/mol. The summed E-state index contributed by atoms with van der Waals surface area (Å²) in [4.78, 5) is 10.8. The number of rotatable bonds is 7. The van der Waals surface area contributed by atoms with Crippen LogP contribution in [0.3, 0.4) is 0 Å². The van der Waals surface area contributed by atoms with Gasteiger partial charge in [0.2, 0.25) is 5.76 Å². The van der Waals surface area contributed by atoms with E-state index in [1.165, 1.54) is 6.26 Å². The third-order valence-corrected chi connectivity index (χ3v) is 2.44. The Morgan fingerprint density at radius 1 is 1.56 bits per heavy atom. The van der Waals surface area contributed by atoms with Crippen molar-refractivity contribution < 1.29 is 19.1 Å². The van der Waals surface area contributed by atoms with E-state index in [-0.39, 0.29) is 11.9 Å². The molecule has 1 aromatic rings. The van der Waals surface area contributed by atoms with E-state index in [1.54, 1.807) is 6.07 Å². The predicted molar refractivity (Wildman–Crippen MR) is 59.6 cm³/mol. The molecule has 0 saturated carbocycles. The maximum absolute atomic E-state index is 10.8. The molecule has 0 amide bonds. The van der Waals surface area contributed by atoms with Crippen LogP contribution in [0.15, 0.2) is 16.7 Å². The first-order valence-corrected chi connectivity index (χ1v) is 5.59. The average Bonchev–Trinajstić information content (AvgIpc) is 2.73. The van der Waals surface area contributed by atoms with Gasteiger partial charge in [0.15, 0.2) is 0 Å². The Labute approximate surface area is 95.2 Å². The van der Waals surface area contributed by atoms with Gasteiger partial charge in [0.25, 0.3) is 0 Å². The van der Waals surface area contributed by atoms with Crippen molar-refractivity contribution in [2.24, 2.45) is 0 Å². The van der Waals surface area contributed by atoms with Gasteiger partial charge in [0.1, 0.15) is 0 Å². The molecule has 4 nitrogen and oxygen atoms in total. The molecule has 1 aromatic heterocycles. The summed E-state index contributed by atoms with van der Waals surface area (Å²) in [5, 5.41) is 8.86. The lowest BCUT2D eigenvalue weighted by Gasteiger charge is -2.11. The minimum atomic E-state index is -1.05. The molecule has 0 radical (unpaired) electrons. The smallest absolute Gasteiger partial charge is 0.372 e. The van der Waals surface area contributed by atoms with Crippen molar-refractivity contribution in [2.75, 3.05) is 6.61 Å². The molecule has 0 spiro atoms. The Morgan fingerprint density at radius 3 is 2.94 bits per heavy atom. The lowest BCUT2D eigenvalue weighted by Crippen LogP contribution is -2.06. The van der Waals surface area contributed by atoms with Crippen LogP contribution in [-0.2, 0) is 4.74 Å². The van der Waals surface area contributed by atoms with Crippen molar-refractivity contribution in [3.63, 3.8) is 0 Å². The van der Waals surface area contributed by atoms with E-state index < -0.39 is 5.97 Å². The summed E-state index contributed by atoms with van der Waals surface area (Å²) in [6.07, 6.45) is 4.42. The molecular weight excluding hydrogens is 208 g/mol. The Hall–Kier alpha value is -1.29. The maximum Gasteiger partial charge on any atom is 0.372 e. The van der Waals surface area contributed by atoms with Gasteiger partial charge in [0, 0.05) is 12.2 Å². The molecule has 16 heavy (non-hydrogen) atoms. The Bertz CT molecular complexity index is 330. The van der Waals surface area contributed by atoms with E-state index in [4.69, 9.17) is 14.3 Å². The SMILES string of the molecule is CCCCCOC(C)c1ccoc1C(=O)O. The van der Waals surface area contributed by atoms with Gasteiger partial charge in [-0.3, -0.25) is 0 Å². The first kappa shape index (κ1) is 12.8. The van der Waals surface area contributed by atoms with Crippen LogP contribution in [0.5, 0.6) is 0 Å². The topological polar surface area (TPSA) is 59.7 Å². The quantitative estimate of drug-likeness (QED) is 0.725. The highest BCUT2D eigenvalue weighted by molar-refractivity contribution is 5.86. The maximum atomic E-state index is 10.8. The van der Waals surface area contributed by atoms with Crippen LogP contribution >= 0.6 is 0 Å². The summed E-state index contributed by atoms with van der Waals surface area (Å²) < 4.78 is 10.5. The van der Waals surface area contributed by atoms with E-state index in [0.29, 0.717) is 12.2 Å². The minimum Gasteiger partial charge on any atom is -0.475 e. The van der Waals surface area contributed by atoms with Crippen molar-refractivity contribution in [3.8, 4) is 0 Å². The lowest BCUT2D eigenvalue weighted by molar-refractivity contribution is 0.0553. The van der Waals surface area contributed by atoms with Crippen molar-refractivity contribution in [3.05, 3.63) is 23.7 Å². The molecule has 1 atom stereocenters. The summed E-state index contributed by atoms with van der Waals surface area (Å²) in [5.41, 5.74) is 0.601. The molecule has 0 aliphatic rings. The van der Waals surface area contributed by atoms with E-state index in [0.717, 1.165) is 19.3 Å². The van der Waals surface area contributed by atoms with Crippen molar-refractivity contribution in [1.29, 1.82) is 0 Å². The van der Waals surface area contributed by atoms with Crippen LogP contribution in [0.25, 0.3) is 0 Å². The van der Waals surface area contributed by atoms with Crippen LogP contribution in [0.2, 0.25) is 0 Å². The molecule has 0 aliphatic heterocycles. The van der Waals surface area contributed by atoms with Crippen LogP contribution < -0.4 is 0 Å². The van der Waals surface area contributed by atoms with Gasteiger partial charge in [-0.05, 0) is 19.4 Å². The number of carboxylic acid groups (broad SMARTS) is 1. The van der Waals surface area contributed by atoms with Gasteiger partial charge in [-0.1, -0.05) is 19.8 Å². The summed E-state index contributed by atoms with van der Waals surface area (Å²) in [6, 6.07) is 1.65. The number of furan rings is 1. The zero-order valence-corrected chi connectivity index (χ0v) is 9.73. The Morgan fingerprint density at radius 2 is 2.31 bits per heavy atom. The second kappa shape index (κ2) is 6.33. The lowest BCUT2D eigenvalue weighted by atomic mass is 10.1. The Balaban J connectivity index is 2.49. The summed E-state index contributed by atoms with van der Waals surface area (Å²) in [6.45, 7) is 4.62. The van der Waals surface area contributed by atoms with Crippen molar-refractivity contribution in [2.45, 2.75) is 39.2 Å². The molecule has 4 heteroatoms. The van der Waals surface area contributed by atoms with Gasteiger partial charge in [0.05, 0.1) is 12.4 Å². The molecule has 90 valence electrons. The molecule has 1 rings (SSSR count). The monoisotopic (exact) mass is 226 g/mol. The number of carboxylic acids is 1. The first-order chi connectivity index (χ1) is 7.66. The predicted octanol–water partition coefficient (Wildman–Crippen LogP) is 3.25. The summed E-state index contributed by atoms with van der Waals surface area (Å²) in [7, 11) is 0. The van der Waals surface area contributed by atoms with Crippen LogP contribution in [0.1, 0.15) is 55.3 Å². The number of carbonyl (C=O) groups is 1. The zero-order valence-electron chi connectivity index (χ0n) is 9.73. The van der Waals surface area contributed by atoms with E-state index in [9.17, 15) is 4.79 Å². The molecule has 0 fully saturated rings. The van der Waals surface area contributed by atoms with Crippen molar-refractivity contribution >= 4 is 5.97 Å². The normalized spacial score (nSPS) is 12.6. The molecule has 0 aliphatic carbocycles. The molecule has 0 aromatic carbocycles. The van der Waals surface area contributed by atoms with Crippen LogP contribution in [0.4, 0.5) is 0 Å². The second-order valence-electron chi connectivity index (χ2n) is 3.73. The van der Waals surface area contributed by atoms with E-state index >= 15 is 0 Å². The molecule has 0 bridgehead atoms. The zero-order chi connectivity index (χ0) is 12.0. The van der Waals surface area contributed by atoms with Crippen LogP contribution in [0, 0.1) is 0 Å². The fourth-order valence-electron chi connectivity index (χ4n) is 1.52. The van der Waals surface area contributed by atoms with Crippen LogP contribution in [-0.4, -0.2) is 17.7 Å². The third kappa shape index (κ3) is 3.38. The number of ether oxygens (including phenoxy) is 1. The highest BCUT2D eigenvalue weighted by Gasteiger charge is 2.19. The van der Waals surface area contributed by atoms with E-state index in [2.05, 4.69) is 6.92 Å². The van der Waals surface area contributed by atoms with Gasteiger partial charge in [-0.15, -0.1) is 0 Å². The summed E-state index contributed by atoms with van der Waals surface area (Å²) in [5.74, 6) is -1.08. The van der Waals surface area contributed by atoms with Gasteiger partial charge >= 0.3 is 5.97 Å². The van der Waals surface area contributed by atoms with Gasteiger partial charge < -0.3 is 14.3 Å². The highest BCUT2D eigenvalue weighted by Crippen LogP contribution is 2.22. The fraction of sp³-hybridized carbons (Fsp3) is 0.583. The van der Waals surface area contributed by atoms with Gasteiger partial charge in [-0.25, -0.2) is 4.79 Å². The highest BCUT2D eigenvalue weighted by atomic mass is 16.5.